The highest BCUT2D eigenvalue weighted by Gasteiger charge is 2.15. The molecule has 0 spiro atoms. The third kappa shape index (κ3) is 9.01. The first-order valence-corrected chi connectivity index (χ1v) is 15.9. The Morgan fingerprint density at radius 1 is 0.957 bits per heavy atom. The molecule has 0 aliphatic heterocycles. The second-order valence-electron chi connectivity index (χ2n) is 9.75. The second kappa shape index (κ2) is 15.9. The van der Waals surface area contributed by atoms with Crippen LogP contribution in [0.2, 0.25) is 10.0 Å². The Bertz CT molecular complexity index is 1880. The summed E-state index contributed by atoms with van der Waals surface area (Å²) in [5, 5.41) is 13.6. The maximum absolute atomic E-state index is 12.8. The first kappa shape index (κ1) is 33.3. The number of carbonyl (C=O) groups is 2. The molecule has 47 heavy (non-hydrogen) atoms. The van der Waals surface area contributed by atoms with Gasteiger partial charge in [0, 0.05) is 27.2 Å². The number of methoxy groups -OCH3 is 1. The van der Waals surface area contributed by atoms with Crippen molar-refractivity contribution in [1.29, 1.82) is 0 Å². The van der Waals surface area contributed by atoms with Gasteiger partial charge in [0.15, 0.2) is 23.2 Å². The van der Waals surface area contributed by atoms with Gasteiger partial charge in [-0.05, 0) is 73.2 Å². The fourth-order valence-corrected chi connectivity index (χ4v) is 5.42. The van der Waals surface area contributed by atoms with Gasteiger partial charge in [-0.1, -0.05) is 47.5 Å². The number of para-hydroxylation sites is 2. The van der Waals surface area contributed by atoms with Gasteiger partial charge in [-0.2, -0.15) is 5.10 Å². The van der Waals surface area contributed by atoms with Crippen LogP contribution in [0.4, 0.5) is 16.5 Å². The van der Waals surface area contributed by atoms with E-state index in [9.17, 15) is 9.59 Å². The van der Waals surface area contributed by atoms with Crippen LogP contribution in [0.15, 0.2) is 95.4 Å². The van der Waals surface area contributed by atoms with Gasteiger partial charge in [-0.25, -0.2) is 10.4 Å². The lowest BCUT2D eigenvalue weighted by atomic mass is 10.1. The van der Waals surface area contributed by atoms with Crippen molar-refractivity contribution < 1.29 is 23.8 Å². The van der Waals surface area contributed by atoms with Crippen molar-refractivity contribution in [2.45, 2.75) is 6.92 Å². The van der Waals surface area contributed by atoms with Crippen molar-refractivity contribution in [3.8, 4) is 28.5 Å². The lowest BCUT2D eigenvalue weighted by molar-refractivity contribution is -0.118. The highest BCUT2D eigenvalue weighted by atomic mass is 35.5. The Hall–Kier alpha value is -5.10. The summed E-state index contributed by atoms with van der Waals surface area (Å²) in [4.78, 5) is 29.9. The van der Waals surface area contributed by atoms with E-state index in [4.69, 9.17) is 37.4 Å². The number of anilines is 3. The molecule has 0 fully saturated rings. The fourth-order valence-electron chi connectivity index (χ4n) is 4.28. The molecule has 0 bridgehead atoms. The third-order valence-corrected chi connectivity index (χ3v) is 7.77. The number of amides is 2. The average Bonchev–Trinajstić information content (AvgIpc) is 3.54. The smallest absolute Gasteiger partial charge is 0.271 e. The Morgan fingerprint density at radius 3 is 2.47 bits per heavy atom. The molecule has 3 N–H and O–H groups in total. The number of hydrazone groups is 1. The van der Waals surface area contributed by atoms with Crippen LogP contribution in [0.5, 0.6) is 17.2 Å². The van der Waals surface area contributed by atoms with Crippen LogP contribution in [0.25, 0.3) is 11.3 Å². The van der Waals surface area contributed by atoms with Crippen LogP contribution >= 0.6 is 34.5 Å². The van der Waals surface area contributed by atoms with Crippen LogP contribution in [-0.4, -0.2) is 43.3 Å². The summed E-state index contributed by atoms with van der Waals surface area (Å²) in [6.45, 7) is 1.82. The van der Waals surface area contributed by atoms with E-state index in [1.54, 1.807) is 60.7 Å². The van der Waals surface area contributed by atoms with E-state index in [1.807, 2.05) is 36.6 Å². The summed E-state index contributed by atoms with van der Waals surface area (Å²) in [5.41, 5.74) is 6.53. The molecular weight excluding hydrogens is 661 g/mol. The normalized spacial score (nSPS) is 10.8. The monoisotopic (exact) mass is 689 g/mol. The van der Waals surface area contributed by atoms with E-state index >= 15 is 0 Å². The summed E-state index contributed by atoms with van der Waals surface area (Å²) in [6, 6.07) is 24.7. The topological polar surface area (TPSA) is 123 Å². The zero-order valence-corrected chi connectivity index (χ0v) is 27.6. The number of hydrogen-bond donors (Lipinski definition) is 3. The Kier molecular flexibility index (Phi) is 11.3. The zero-order valence-electron chi connectivity index (χ0n) is 25.3. The van der Waals surface area contributed by atoms with Crippen LogP contribution in [-0.2, 0) is 4.79 Å². The summed E-state index contributed by atoms with van der Waals surface area (Å²) in [7, 11) is 1.52. The number of rotatable bonds is 13. The van der Waals surface area contributed by atoms with Gasteiger partial charge in [-0.15, -0.1) is 11.3 Å². The van der Waals surface area contributed by atoms with E-state index < -0.39 is 11.8 Å². The number of hydrogen-bond acceptors (Lipinski definition) is 9. The number of benzene rings is 4. The molecule has 0 atom stereocenters. The molecule has 1 aromatic heterocycles. The number of halogens is 2. The molecule has 0 saturated heterocycles. The lowest BCUT2D eigenvalue weighted by Crippen LogP contribution is -2.21. The predicted molar refractivity (Wildman–Crippen MR) is 187 cm³/mol. The van der Waals surface area contributed by atoms with Crippen molar-refractivity contribution in [2.75, 3.05) is 31.0 Å². The van der Waals surface area contributed by atoms with Crippen molar-refractivity contribution in [3.05, 3.63) is 111 Å². The molecular formula is C34H29Cl2N5O5S. The molecule has 4 aromatic carbocycles. The highest BCUT2D eigenvalue weighted by Crippen LogP contribution is 2.36. The quantitative estimate of drug-likeness (QED) is 0.0844. The van der Waals surface area contributed by atoms with Crippen LogP contribution in [0.1, 0.15) is 22.8 Å². The predicted octanol–water partition coefficient (Wildman–Crippen LogP) is 8.05. The van der Waals surface area contributed by atoms with Gasteiger partial charge in [0.25, 0.3) is 11.8 Å². The Labute approximate surface area is 285 Å². The van der Waals surface area contributed by atoms with E-state index in [2.05, 4.69) is 26.1 Å². The lowest BCUT2D eigenvalue weighted by Gasteiger charge is -2.15. The number of nitrogens with zero attached hydrogens (tertiary/aromatic N) is 2. The molecule has 0 aliphatic rings. The molecule has 13 heteroatoms. The number of ether oxygens (including phenoxy) is 3. The SMILES string of the molecule is CCOc1cc(/C=N\NC(=O)c2ccc(-c3csc(Nc4ccc(Cl)cc4)n3)cc2)cc(Cl)c1OCC(=O)Nc1ccccc1OC. The largest absolute Gasteiger partial charge is 0.495 e. The van der Waals surface area contributed by atoms with Crippen LogP contribution in [0.3, 0.4) is 0 Å². The van der Waals surface area contributed by atoms with Crippen LogP contribution in [0, 0.1) is 0 Å². The van der Waals surface area contributed by atoms with E-state index in [-0.39, 0.29) is 17.4 Å². The van der Waals surface area contributed by atoms with Gasteiger partial charge >= 0.3 is 0 Å². The average molecular weight is 691 g/mol. The Morgan fingerprint density at radius 2 is 1.72 bits per heavy atom. The molecule has 240 valence electrons. The van der Waals surface area contributed by atoms with Gasteiger partial charge < -0.3 is 24.8 Å². The van der Waals surface area contributed by atoms with Gasteiger partial charge in [0.05, 0.1) is 36.3 Å². The van der Waals surface area contributed by atoms with E-state index in [1.165, 1.54) is 24.7 Å². The van der Waals surface area contributed by atoms with Crippen molar-refractivity contribution >= 4 is 69.1 Å². The minimum atomic E-state index is -0.406. The first-order chi connectivity index (χ1) is 22.8. The molecule has 0 saturated carbocycles. The van der Waals surface area contributed by atoms with Gasteiger partial charge in [0.2, 0.25) is 0 Å². The maximum Gasteiger partial charge on any atom is 0.271 e. The van der Waals surface area contributed by atoms with Crippen LogP contribution < -0.4 is 30.3 Å². The summed E-state index contributed by atoms with van der Waals surface area (Å²) >= 11 is 13.9. The minimum Gasteiger partial charge on any atom is -0.495 e. The number of thiazole rings is 1. The Balaban J connectivity index is 1.17. The van der Waals surface area contributed by atoms with Crippen molar-refractivity contribution in [3.63, 3.8) is 0 Å². The number of carbonyl (C=O) groups excluding carboxylic acids is 2. The number of nitrogens with one attached hydrogen (secondary N) is 3. The van der Waals surface area contributed by atoms with Gasteiger partial charge in [-0.3, -0.25) is 9.59 Å². The minimum absolute atomic E-state index is 0.206. The molecule has 5 aromatic rings. The fraction of sp³-hybridized carbons (Fsp3) is 0.118. The van der Waals surface area contributed by atoms with Gasteiger partial charge in [0.1, 0.15) is 5.75 Å². The van der Waals surface area contributed by atoms with E-state index in [0.717, 1.165) is 22.1 Å². The maximum atomic E-state index is 12.8. The standard InChI is InChI=1S/C34H29Cl2N5O5S/c1-3-45-30-17-21(16-26(36)32(30)46-19-31(42)39-27-6-4-5-7-29(27)44-2)18-37-41-33(43)23-10-8-22(9-11-23)28-20-47-34(40-28)38-25-14-12-24(35)13-15-25/h4-18,20H,3,19H2,1-2H3,(H,38,40)(H,39,42)(H,41,43)/b37-18-. The molecule has 1 heterocycles. The molecule has 5 rings (SSSR count). The van der Waals surface area contributed by atoms with Crippen molar-refractivity contribution in [1.82, 2.24) is 10.4 Å². The summed E-state index contributed by atoms with van der Waals surface area (Å²) in [6.07, 6.45) is 1.43. The molecule has 0 radical (unpaired) electrons. The molecule has 0 unspecified atom stereocenters. The van der Waals surface area contributed by atoms with E-state index in [0.29, 0.717) is 39.9 Å². The summed E-state index contributed by atoms with van der Waals surface area (Å²) in [5.74, 6) is 0.250. The second-order valence-corrected chi connectivity index (χ2v) is 11.4. The molecule has 10 nitrogen and oxygen atoms in total. The molecule has 2 amide bonds. The molecule has 0 aliphatic carbocycles. The number of aromatic nitrogens is 1. The zero-order chi connectivity index (χ0) is 33.2. The first-order valence-electron chi connectivity index (χ1n) is 14.3. The third-order valence-electron chi connectivity index (χ3n) is 6.48. The highest BCUT2D eigenvalue weighted by molar-refractivity contribution is 7.14. The summed E-state index contributed by atoms with van der Waals surface area (Å²) < 4.78 is 16.7. The van der Waals surface area contributed by atoms with Crippen molar-refractivity contribution in [2.24, 2.45) is 5.10 Å².